The van der Waals surface area contributed by atoms with Gasteiger partial charge < -0.3 is 16.0 Å². The number of aryl methyl sites for hydroxylation is 1. The van der Waals surface area contributed by atoms with Crippen molar-refractivity contribution in [3.05, 3.63) is 33.7 Å². The van der Waals surface area contributed by atoms with E-state index in [2.05, 4.69) is 10.3 Å². The van der Waals surface area contributed by atoms with Crippen molar-refractivity contribution < 1.29 is 4.79 Å². The first-order chi connectivity index (χ1) is 7.00. The number of aromatic amines is 1. The lowest BCUT2D eigenvalue weighted by atomic mass is 10.2. The molecular weight excluding hydrogens is 194 g/mol. The smallest absolute Gasteiger partial charge is 0.260 e. The summed E-state index contributed by atoms with van der Waals surface area (Å²) < 4.78 is 0. The van der Waals surface area contributed by atoms with E-state index in [1.54, 1.807) is 19.9 Å². The highest BCUT2D eigenvalue weighted by atomic mass is 16.2. The Morgan fingerprint density at radius 3 is 2.80 bits per heavy atom. The van der Waals surface area contributed by atoms with Crippen molar-refractivity contribution in [2.45, 2.75) is 19.9 Å². The third-order valence-corrected chi connectivity index (χ3v) is 1.88. The number of amides is 1. The zero-order valence-electron chi connectivity index (χ0n) is 8.83. The first-order valence-electron chi connectivity index (χ1n) is 4.74. The highest BCUT2D eigenvalue weighted by Gasteiger charge is 2.09. The van der Waals surface area contributed by atoms with E-state index in [1.807, 2.05) is 0 Å². The predicted octanol–water partition coefficient (Wildman–Crippen LogP) is -0.240. The number of hydrogen-bond acceptors (Lipinski definition) is 3. The van der Waals surface area contributed by atoms with Gasteiger partial charge in [0.2, 0.25) is 0 Å². The van der Waals surface area contributed by atoms with Gasteiger partial charge in [-0.1, -0.05) is 0 Å². The molecule has 1 heterocycles. The Kier molecular flexibility index (Phi) is 3.62. The Morgan fingerprint density at radius 1 is 1.60 bits per heavy atom. The van der Waals surface area contributed by atoms with Crippen LogP contribution in [-0.4, -0.2) is 23.5 Å². The summed E-state index contributed by atoms with van der Waals surface area (Å²) in [5, 5.41) is 2.57. The Morgan fingerprint density at radius 2 is 2.27 bits per heavy atom. The standard InChI is InChI=1S/C10H15N3O2/c1-6(11)5-12-9(14)8-4-3-7(2)13-10(8)15/h3-4,6H,5,11H2,1-2H3,(H,12,14)(H,13,15). The van der Waals surface area contributed by atoms with Gasteiger partial charge in [0.1, 0.15) is 5.56 Å². The van der Waals surface area contributed by atoms with Gasteiger partial charge in [0.25, 0.3) is 11.5 Å². The van der Waals surface area contributed by atoms with E-state index in [9.17, 15) is 9.59 Å². The van der Waals surface area contributed by atoms with Crippen molar-refractivity contribution >= 4 is 5.91 Å². The van der Waals surface area contributed by atoms with E-state index in [0.29, 0.717) is 6.54 Å². The lowest BCUT2D eigenvalue weighted by Crippen LogP contribution is -2.37. The average molecular weight is 209 g/mol. The minimum Gasteiger partial charge on any atom is -0.350 e. The molecule has 1 amide bonds. The van der Waals surface area contributed by atoms with E-state index in [1.165, 1.54) is 6.07 Å². The van der Waals surface area contributed by atoms with Crippen LogP contribution in [0.25, 0.3) is 0 Å². The summed E-state index contributed by atoms with van der Waals surface area (Å²) in [6.07, 6.45) is 0. The summed E-state index contributed by atoms with van der Waals surface area (Å²) in [6.45, 7) is 3.89. The number of nitrogens with one attached hydrogen (secondary N) is 2. The van der Waals surface area contributed by atoms with Crippen molar-refractivity contribution in [2.75, 3.05) is 6.54 Å². The van der Waals surface area contributed by atoms with Gasteiger partial charge in [0.15, 0.2) is 0 Å². The molecule has 0 radical (unpaired) electrons. The average Bonchev–Trinajstić information content (AvgIpc) is 2.14. The fraction of sp³-hybridized carbons (Fsp3) is 0.400. The molecule has 1 aromatic heterocycles. The normalized spacial score (nSPS) is 12.2. The SMILES string of the molecule is Cc1ccc(C(=O)NCC(C)N)c(=O)[nH]1. The Hall–Kier alpha value is -1.62. The van der Waals surface area contributed by atoms with Crippen LogP contribution in [0.15, 0.2) is 16.9 Å². The zero-order valence-corrected chi connectivity index (χ0v) is 8.83. The van der Waals surface area contributed by atoms with Crippen LogP contribution in [0.2, 0.25) is 0 Å². The van der Waals surface area contributed by atoms with Crippen molar-refractivity contribution in [1.29, 1.82) is 0 Å². The number of nitrogens with two attached hydrogens (primary N) is 1. The number of aromatic nitrogens is 1. The van der Waals surface area contributed by atoms with Gasteiger partial charge >= 0.3 is 0 Å². The van der Waals surface area contributed by atoms with E-state index >= 15 is 0 Å². The van der Waals surface area contributed by atoms with E-state index in [-0.39, 0.29) is 17.2 Å². The fourth-order valence-corrected chi connectivity index (χ4v) is 1.10. The third kappa shape index (κ3) is 3.21. The lowest BCUT2D eigenvalue weighted by Gasteiger charge is -2.07. The highest BCUT2D eigenvalue weighted by Crippen LogP contribution is 1.93. The number of H-pyrrole nitrogens is 1. The Bertz CT molecular complexity index is 409. The molecule has 0 fully saturated rings. The summed E-state index contributed by atoms with van der Waals surface area (Å²) in [4.78, 5) is 25.4. The van der Waals surface area contributed by atoms with Crippen LogP contribution in [0.5, 0.6) is 0 Å². The molecule has 1 aromatic rings. The molecule has 5 heteroatoms. The maximum absolute atomic E-state index is 11.5. The molecule has 0 aromatic carbocycles. The summed E-state index contributed by atoms with van der Waals surface area (Å²) in [5.74, 6) is -0.395. The third-order valence-electron chi connectivity index (χ3n) is 1.88. The van der Waals surface area contributed by atoms with Crippen LogP contribution >= 0.6 is 0 Å². The number of carbonyl (C=O) groups excluding carboxylic acids is 1. The molecule has 5 nitrogen and oxygen atoms in total. The molecule has 4 N–H and O–H groups in total. The van der Waals surface area contributed by atoms with Crippen LogP contribution in [0.1, 0.15) is 23.0 Å². The van der Waals surface area contributed by atoms with E-state index < -0.39 is 5.91 Å². The molecule has 0 saturated carbocycles. The maximum atomic E-state index is 11.5. The minimum absolute atomic E-state index is 0.112. The molecule has 0 aliphatic heterocycles. The molecule has 1 rings (SSSR count). The van der Waals surface area contributed by atoms with Crippen molar-refractivity contribution in [1.82, 2.24) is 10.3 Å². The molecule has 0 spiro atoms. The van der Waals surface area contributed by atoms with Crippen molar-refractivity contribution in [2.24, 2.45) is 5.73 Å². The van der Waals surface area contributed by atoms with Gasteiger partial charge in [-0.15, -0.1) is 0 Å². The van der Waals surface area contributed by atoms with Gasteiger partial charge in [-0.25, -0.2) is 0 Å². The van der Waals surface area contributed by atoms with E-state index in [0.717, 1.165) is 5.69 Å². The number of rotatable bonds is 3. The van der Waals surface area contributed by atoms with Gasteiger partial charge in [0.05, 0.1) is 0 Å². The van der Waals surface area contributed by atoms with Crippen molar-refractivity contribution in [3.8, 4) is 0 Å². The first-order valence-corrected chi connectivity index (χ1v) is 4.74. The van der Waals surface area contributed by atoms with Crippen molar-refractivity contribution in [3.63, 3.8) is 0 Å². The molecule has 82 valence electrons. The summed E-state index contributed by atoms with van der Waals surface area (Å²) >= 11 is 0. The van der Waals surface area contributed by atoms with Crippen LogP contribution in [0, 0.1) is 6.92 Å². The number of carbonyl (C=O) groups is 1. The number of pyridine rings is 1. The first kappa shape index (κ1) is 11.5. The maximum Gasteiger partial charge on any atom is 0.260 e. The molecule has 15 heavy (non-hydrogen) atoms. The largest absolute Gasteiger partial charge is 0.350 e. The van der Waals surface area contributed by atoms with E-state index in [4.69, 9.17) is 5.73 Å². The van der Waals surface area contributed by atoms with Gasteiger partial charge in [0, 0.05) is 18.3 Å². The van der Waals surface area contributed by atoms with Crippen LogP contribution in [0.4, 0.5) is 0 Å². The quantitative estimate of drug-likeness (QED) is 0.642. The second-order valence-electron chi connectivity index (χ2n) is 3.57. The molecule has 0 bridgehead atoms. The molecular formula is C10H15N3O2. The number of hydrogen-bond donors (Lipinski definition) is 3. The monoisotopic (exact) mass is 209 g/mol. The second kappa shape index (κ2) is 4.75. The van der Waals surface area contributed by atoms with Crippen LogP contribution in [0.3, 0.4) is 0 Å². The Labute approximate surface area is 87.7 Å². The molecule has 0 saturated heterocycles. The molecule has 1 unspecified atom stereocenters. The van der Waals surface area contributed by atoms with Gasteiger partial charge in [-0.2, -0.15) is 0 Å². The summed E-state index contributed by atoms with van der Waals surface area (Å²) in [6, 6.07) is 3.06. The summed E-state index contributed by atoms with van der Waals surface area (Å²) in [5.41, 5.74) is 5.94. The Balaban J connectivity index is 2.79. The topological polar surface area (TPSA) is 88.0 Å². The fourth-order valence-electron chi connectivity index (χ4n) is 1.10. The second-order valence-corrected chi connectivity index (χ2v) is 3.57. The molecule has 1 atom stereocenters. The minimum atomic E-state index is -0.395. The highest BCUT2D eigenvalue weighted by molar-refractivity contribution is 5.93. The van der Waals surface area contributed by atoms with Crippen LogP contribution < -0.4 is 16.6 Å². The van der Waals surface area contributed by atoms with Gasteiger partial charge in [-0.3, -0.25) is 9.59 Å². The zero-order chi connectivity index (χ0) is 11.4. The lowest BCUT2D eigenvalue weighted by molar-refractivity contribution is 0.0950. The molecule has 0 aliphatic rings. The summed E-state index contributed by atoms with van der Waals surface area (Å²) in [7, 11) is 0. The predicted molar refractivity (Wildman–Crippen MR) is 57.8 cm³/mol. The molecule has 0 aliphatic carbocycles. The van der Waals surface area contributed by atoms with Crippen LogP contribution in [-0.2, 0) is 0 Å². The van der Waals surface area contributed by atoms with Gasteiger partial charge in [-0.05, 0) is 26.0 Å².